The predicted octanol–water partition coefficient (Wildman–Crippen LogP) is 4.24. The summed E-state index contributed by atoms with van der Waals surface area (Å²) in [6.45, 7) is 15.1. The minimum atomic E-state index is -1.76. The Morgan fingerprint density at radius 1 is 1.15 bits per heavy atom. The monoisotopic (exact) mass is 407 g/mol. The molecule has 0 aromatic rings. The van der Waals surface area contributed by atoms with Gasteiger partial charge in [-0.25, -0.2) is 0 Å². The van der Waals surface area contributed by atoms with Crippen molar-refractivity contribution < 1.29 is 19.1 Å². The quantitative estimate of drug-likeness (QED) is 0.354. The molecule has 0 fully saturated rings. The minimum absolute atomic E-state index is 0. The minimum Gasteiger partial charge on any atom is -0.455 e. The molecule has 0 bridgehead atoms. The number of carbonyl (C=O) groups is 1. The van der Waals surface area contributed by atoms with Gasteiger partial charge in [0.1, 0.15) is 0 Å². The zero-order chi connectivity index (χ0) is 18.8. The summed E-state index contributed by atoms with van der Waals surface area (Å²) in [5.74, 6) is -0.208. The van der Waals surface area contributed by atoms with Gasteiger partial charge in [0.15, 0.2) is 16.6 Å². The molecule has 0 saturated heterocycles. The average molecular weight is 408 g/mol. The third-order valence-corrected chi connectivity index (χ3v) is 11.6. The van der Waals surface area contributed by atoms with E-state index in [1.807, 2.05) is 0 Å². The van der Waals surface area contributed by atoms with E-state index in [4.69, 9.17) is 9.22 Å². The number of hydrogen-bond donors (Lipinski definition) is 2. The van der Waals surface area contributed by atoms with Gasteiger partial charge >= 0.3 is 0 Å². The summed E-state index contributed by atoms with van der Waals surface area (Å²) >= 11 is 0. The molecule has 2 N–H and O–H groups in total. The van der Waals surface area contributed by atoms with Gasteiger partial charge in [0.25, 0.3) is 0 Å². The molecule has 0 heterocycles. The lowest BCUT2D eigenvalue weighted by molar-refractivity contribution is -0.127. The molecule has 7 heteroatoms. The first-order valence-corrected chi connectivity index (χ1v) is 15.2. The van der Waals surface area contributed by atoms with Crippen LogP contribution in [0.25, 0.3) is 0 Å². The molecular weight excluding hydrogens is 362 g/mol. The van der Waals surface area contributed by atoms with Crippen molar-refractivity contribution in [3.8, 4) is 0 Å². The summed E-state index contributed by atoms with van der Waals surface area (Å²) in [4.78, 5) is 13.4. The number of nitrogens with zero attached hydrogens (tertiary/aromatic N) is 1. The van der Waals surface area contributed by atoms with E-state index >= 15 is 0 Å². The Morgan fingerprint density at radius 3 is 2.08 bits per heavy atom. The van der Waals surface area contributed by atoms with Crippen LogP contribution in [0.5, 0.6) is 0 Å². The fourth-order valence-electron chi connectivity index (χ4n) is 2.88. The second-order valence-electron chi connectivity index (χ2n) is 7.65. The van der Waals surface area contributed by atoms with E-state index in [0.717, 1.165) is 12.5 Å². The predicted molar refractivity (Wildman–Crippen MR) is 119 cm³/mol. The first-order chi connectivity index (χ1) is 11.1. The van der Waals surface area contributed by atoms with Crippen molar-refractivity contribution in [3.63, 3.8) is 0 Å². The van der Waals surface area contributed by atoms with E-state index in [-0.39, 0.29) is 33.9 Å². The van der Waals surface area contributed by atoms with Crippen LogP contribution in [0.2, 0.25) is 38.3 Å². The zero-order valence-electron chi connectivity index (χ0n) is 16.2. The maximum absolute atomic E-state index is 11.9. The second-order valence-corrected chi connectivity index (χ2v) is 16.5. The SMILES string of the molecule is C.C.C=CC(=O)N(CCC[Si](C)(C)O[Si](C)(C)CCCC)CC(O)CO. The highest BCUT2D eigenvalue weighted by Gasteiger charge is 2.32. The molecule has 0 aliphatic carbocycles. The molecule has 1 amide bonds. The zero-order valence-corrected chi connectivity index (χ0v) is 18.2. The van der Waals surface area contributed by atoms with E-state index in [0.29, 0.717) is 6.54 Å². The Hall–Kier alpha value is -0.476. The first kappa shape index (κ1) is 30.3. The number of unbranched alkanes of at least 4 members (excludes halogenated alkanes) is 1. The van der Waals surface area contributed by atoms with Gasteiger partial charge in [0.05, 0.1) is 12.7 Å². The molecule has 5 nitrogen and oxygen atoms in total. The normalized spacial score (nSPS) is 12.6. The van der Waals surface area contributed by atoms with Crippen LogP contribution in [-0.4, -0.2) is 63.5 Å². The Balaban J connectivity index is -0.00000264. The van der Waals surface area contributed by atoms with E-state index in [2.05, 4.69) is 39.7 Å². The van der Waals surface area contributed by atoms with E-state index < -0.39 is 22.7 Å². The second kappa shape index (κ2) is 14.6. The Kier molecular flexibility index (Phi) is 17.0. The van der Waals surface area contributed by atoms with Gasteiger partial charge in [-0.2, -0.15) is 0 Å². The average Bonchev–Trinajstić information content (AvgIpc) is 2.49. The highest BCUT2D eigenvalue weighted by atomic mass is 28.4. The summed E-state index contributed by atoms with van der Waals surface area (Å²) in [5, 5.41) is 18.5. The molecule has 0 saturated carbocycles. The third kappa shape index (κ3) is 13.7. The molecule has 0 aromatic heterocycles. The lowest BCUT2D eigenvalue weighted by Crippen LogP contribution is -2.45. The number of hydrogen-bond acceptors (Lipinski definition) is 4. The molecule has 0 rings (SSSR count). The van der Waals surface area contributed by atoms with Crippen molar-refractivity contribution in [3.05, 3.63) is 12.7 Å². The van der Waals surface area contributed by atoms with Gasteiger partial charge in [-0.1, -0.05) is 41.2 Å². The van der Waals surface area contributed by atoms with Gasteiger partial charge in [-0.05, 0) is 50.8 Å². The Labute approximate surface area is 164 Å². The van der Waals surface area contributed by atoms with E-state index in [9.17, 15) is 9.90 Å². The van der Waals surface area contributed by atoms with Crippen molar-refractivity contribution >= 4 is 22.5 Å². The first-order valence-electron chi connectivity index (χ1n) is 8.97. The van der Waals surface area contributed by atoms with E-state index in [1.165, 1.54) is 25.0 Å². The molecule has 1 atom stereocenters. The van der Waals surface area contributed by atoms with Gasteiger partial charge in [0.2, 0.25) is 5.91 Å². The third-order valence-electron chi connectivity index (χ3n) is 4.02. The van der Waals surface area contributed by atoms with Crippen LogP contribution in [0.4, 0.5) is 0 Å². The van der Waals surface area contributed by atoms with Crippen LogP contribution >= 0.6 is 0 Å². The smallest absolute Gasteiger partial charge is 0.246 e. The molecule has 26 heavy (non-hydrogen) atoms. The Bertz CT molecular complexity index is 390. The molecule has 0 aliphatic rings. The summed E-state index contributed by atoms with van der Waals surface area (Å²) in [7, 11) is -3.37. The molecule has 1 unspecified atom stereocenters. The summed E-state index contributed by atoms with van der Waals surface area (Å²) < 4.78 is 6.56. The summed E-state index contributed by atoms with van der Waals surface area (Å²) in [6, 6.07) is 2.18. The fraction of sp³-hybridized carbons (Fsp3) is 0.842. The van der Waals surface area contributed by atoms with Gasteiger partial charge in [0, 0.05) is 13.1 Å². The van der Waals surface area contributed by atoms with Gasteiger partial charge in [-0.3, -0.25) is 4.79 Å². The highest BCUT2D eigenvalue weighted by molar-refractivity contribution is 6.84. The molecule has 158 valence electrons. The lowest BCUT2D eigenvalue weighted by atomic mass is 10.3. The number of amides is 1. The number of carbonyl (C=O) groups excluding carboxylic acids is 1. The molecule has 0 aromatic carbocycles. The van der Waals surface area contributed by atoms with Crippen LogP contribution in [0.1, 0.15) is 41.0 Å². The fourth-order valence-corrected chi connectivity index (χ4v) is 11.9. The summed E-state index contributed by atoms with van der Waals surface area (Å²) in [6.07, 6.45) is 3.62. The molecule has 0 spiro atoms. The number of aliphatic hydroxyl groups excluding tert-OH is 2. The molecular formula is C19H45NO4Si2. The topological polar surface area (TPSA) is 70.0 Å². The Morgan fingerprint density at radius 2 is 1.65 bits per heavy atom. The van der Waals surface area contributed by atoms with Gasteiger partial charge < -0.3 is 19.2 Å². The van der Waals surface area contributed by atoms with Crippen LogP contribution in [-0.2, 0) is 8.91 Å². The van der Waals surface area contributed by atoms with Crippen LogP contribution in [0.3, 0.4) is 0 Å². The maximum Gasteiger partial charge on any atom is 0.246 e. The van der Waals surface area contributed by atoms with Gasteiger partial charge in [-0.15, -0.1) is 0 Å². The number of aliphatic hydroxyl groups is 2. The van der Waals surface area contributed by atoms with Crippen molar-refractivity contribution in [2.75, 3.05) is 19.7 Å². The highest BCUT2D eigenvalue weighted by Crippen LogP contribution is 2.24. The number of rotatable bonds is 13. The van der Waals surface area contributed by atoms with Crippen molar-refractivity contribution in [2.45, 2.75) is 85.4 Å². The van der Waals surface area contributed by atoms with Crippen LogP contribution in [0, 0.1) is 0 Å². The van der Waals surface area contributed by atoms with Crippen LogP contribution in [0.15, 0.2) is 12.7 Å². The van der Waals surface area contributed by atoms with Crippen molar-refractivity contribution in [2.24, 2.45) is 0 Å². The largest absolute Gasteiger partial charge is 0.455 e. The maximum atomic E-state index is 11.9. The van der Waals surface area contributed by atoms with Crippen molar-refractivity contribution in [1.82, 2.24) is 4.90 Å². The van der Waals surface area contributed by atoms with E-state index in [1.54, 1.807) is 4.90 Å². The summed E-state index contributed by atoms with van der Waals surface area (Å²) in [5.41, 5.74) is 0. The molecule has 0 radical (unpaired) electrons. The lowest BCUT2D eigenvalue weighted by Gasteiger charge is -2.34. The molecule has 0 aliphatic heterocycles. The van der Waals surface area contributed by atoms with Crippen LogP contribution < -0.4 is 0 Å². The van der Waals surface area contributed by atoms with Crippen molar-refractivity contribution in [1.29, 1.82) is 0 Å². The standard InChI is InChI=1S/C17H37NO4Si2.2CH4/c1-7-9-12-23(3,4)22-24(5,6)13-10-11-18(17(21)8-2)14-16(20)15-19;;/h8,16,19-20H,2,7,9-15H2,1,3-6H3;2*1H4.